The van der Waals surface area contributed by atoms with Crippen LogP contribution in [0.5, 0.6) is 0 Å². The van der Waals surface area contributed by atoms with E-state index in [2.05, 4.69) is 9.84 Å². The van der Waals surface area contributed by atoms with E-state index < -0.39 is 30.1 Å². The lowest BCUT2D eigenvalue weighted by atomic mass is 10.1. The standard InChI is InChI=1S/C20H17N3O6/c1-2-28-20(27)21-16(24)12-29-19(26)17-14-10-6-7-11-15(14)18(25)23(22-17)13-8-4-3-5-9-13/h3-11H,2,12H2,1H3,(H,21,24,27). The van der Waals surface area contributed by atoms with Gasteiger partial charge in [0, 0.05) is 5.39 Å². The van der Waals surface area contributed by atoms with Crippen LogP contribution in [0, 0.1) is 0 Å². The van der Waals surface area contributed by atoms with Crippen molar-refractivity contribution in [3.8, 4) is 5.69 Å². The van der Waals surface area contributed by atoms with E-state index in [4.69, 9.17) is 4.74 Å². The smallest absolute Gasteiger partial charge is 0.413 e. The lowest BCUT2D eigenvalue weighted by molar-refractivity contribution is -0.123. The number of rotatable bonds is 5. The van der Waals surface area contributed by atoms with Crippen molar-refractivity contribution in [2.75, 3.05) is 13.2 Å². The molecular formula is C20H17N3O6. The summed E-state index contributed by atoms with van der Waals surface area (Å²) in [5.74, 6) is -1.76. The number of nitrogens with one attached hydrogen (secondary N) is 1. The van der Waals surface area contributed by atoms with Crippen LogP contribution in [-0.2, 0) is 14.3 Å². The van der Waals surface area contributed by atoms with Crippen LogP contribution in [0.1, 0.15) is 17.4 Å². The summed E-state index contributed by atoms with van der Waals surface area (Å²) in [6.07, 6.45) is -0.935. The fraction of sp³-hybridized carbons (Fsp3) is 0.150. The van der Waals surface area contributed by atoms with Crippen LogP contribution < -0.4 is 10.9 Å². The molecular weight excluding hydrogens is 378 g/mol. The van der Waals surface area contributed by atoms with Crippen LogP contribution in [0.2, 0.25) is 0 Å². The molecule has 0 saturated heterocycles. The second kappa shape index (κ2) is 8.79. The van der Waals surface area contributed by atoms with Crippen LogP contribution >= 0.6 is 0 Å². The summed E-state index contributed by atoms with van der Waals surface area (Å²) < 4.78 is 10.6. The predicted molar refractivity (Wildman–Crippen MR) is 103 cm³/mol. The van der Waals surface area contributed by atoms with Gasteiger partial charge in [-0.2, -0.15) is 9.78 Å². The first-order valence-electron chi connectivity index (χ1n) is 8.72. The Morgan fingerprint density at radius 3 is 2.31 bits per heavy atom. The van der Waals surface area contributed by atoms with Crippen LogP contribution in [-0.4, -0.2) is 41.0 Å². The first kappa shape index (κ1) is 19.7. The Morgan fingerprint density at radius 2 is 1.62 bits per heavy atom. The summed E-state index contributed by atoms with van der Waals surface area (Å²) in [6, 6.07) is 15.1. The Kier molecular flexibility index (Phi) is 5.98. The minimum Gasteiger partial charge on any atom is -0.451 e. The molecule has 0 aliphatic heterocycles. The first-order chi connectivity index (χ1) is 14.0. The Labute approximate surface area is 164 Å². The van der Waals surface area contributed by atoms with Gasteiger partial charge in [-0.3, -0.25) is 14.9 Å². The average Bonchev–Trinajstić information content (AvgIpc) is 2.73. The Balaban J connectivity index is 1.91. The number of amides is 2. The maximum absolute atomic E-state index is 12.8. The van der Waals surface area contributed by atoms with E-state index in [1.165, 1.54) is 0 Å². The SMILES string of the molecule is CCOC(=O)NC(=O)COC(=O)c1nn(-c2ccccc2)c(=O)c2ccccc12. The summed E-state index contributed by atoms with van der Waals surface area (Å²) in [4.78, 5) is 48.3. The van der Waals surface area contributed by atoms with E-state index in [1.807, 2.05) is 5.32 Å². The molecule has 2 aromatic carbocycles. The van der Waals surface area contributed by atoms with Gasteiger partial charge in [0.2, 0.25) is 0 Å². The minimum atomic E-state index is -0.935. The summed E-state index contributed by atoms with van der Waals surface area (Å²) in [5, 5.41) is 6.63. The number of benzene rings is 2. The number of hydrogen-bond donors (Lipinski definition) is 1. The molecule has 0 unspecified atom stereocenters. The molecule has 0 aliphatic carbocycles. The monoisotopic (exact) mass is 395 g/mol. The predicted octanol–water partition coefficient (Wildman–Crippen LogP) is 1.82. The normalized spacial score (nSPS) is 10.4. The van der Waals surface area contributed by atoms with Crippen molar-refractivity contribution in [2.24, 2.45) is 0 Å². The van der Waals surface area contributed by atoms with Gasteiger partial charge >= 0.3 is 12.1 Å². The first-order valence-corrected chi connectivity index (χ1v) is 8.72. The molecule has 0 aliphatic rings. The zero-order chi connectivity index (χ0) is 20.8. The number of esters is 1. The fourth-order valence-corrected chi connectivity index (χ4v) is 2.60. The zero-order valence-corrected chi connectivity index (χ0v) is 15.5. The Hall–Kier alpha value is -4.01. The molecule has 2 amide bonds. The van der Waals surface area contributed by atoms with Gasteiger partial charge < -0.3 is 9.47 Å². The average molecular weight is 395 g/mol. The maximum atomic E-state index is 12.8. The Bertz CT molecular complexity index is 1120. The number of para-hydroxylation sites is 1. The van der Waals surface area contributed by atoms with Gasteiger partial charge in [-0.25, -0.2) is 9.59 Å². The van der Waals surface area contributed by atoms with Crippen molar-refractivity contribution in [1.29, 1.82) is 0 Å². The highest BCUT2D eigenvalue weighted by molar-refractivity contribution is 6.03. The summed E-state index contributed by atoms with van der Waals surface area (Å²) in [7, 11) is 0. The topological polar surface area (TPSA) is 117 Å². The van der Waals surface area contributed by atoms with Crippen LogP contribution in [0.4, 0.5) is 4.79 Å². The van der Waals surface area contributed by atoms with E-state index >= 15 is 0 Å². The van der Waals surface area contributed by atoms with Crippen molar-refractivity contribution >= 4 is 28.7 Å². The summed E-state index contributed by atoms with van der Waals surface area (Å²) >= 11 is 0. The quantitative estimate of drug-likeness (QED) is 0.655. The molecule has 3 aromatic rings. The molecule has 0 saturated carbocycles. The summed E-state index contributed by atoms with van der Waals surface area (Å²) in [6.45, 7) is 0.969. The number of hydrogen-bond acceptors (Lipinski definition) is 7. The van der Waals surface area contributed by atoms with E-state index in [1.54, 1.807) is 61.5 Å². The summed E-state index contributed by atoms with van der Waals surface area (Å²) in [5.41, 5.74) is -0.0613. The van der Waals surface area contributed by atoms with Crippen molar-refractivity contribution in [2.45, 2.75) is 6.92 Å². The number of alkyl carbamates (subject to hydrolysis) is 1. The molecule has 0 bridgehead atoms. The van der Waals surface area contributed by atoms with Crippen LogP contribution in [0.3, 0.4) is 0 Å². The van der Waals surface area contributed by atoms with E-state index in [-0.39, 0.29) is 17.7 Å². The van der Waals surface area contributed by atoms with Crippen molar-refractivity contribution in [1.82, 2.24) is 15.1 Å². The number of carbonyl (C=O) groups is 3. The minimum absolute atomic E-state index is 0.0931. The van der Waals surface area contributed by atoms with Gasteiger partial charge in [0.15, 0.2) is 12.3 Å². The Morgan fingerprint density at radius 1 is 0.966 bits per heavy atom. The van der Waals surface area contributed by atoms with E-state index in [0.29, 0.717) is 11.1 Å². The van der Waals surface area contributed by atoms with Gasteiger partial charge in [0.1, 0.15) is 0 Å². The second-order valence-electron chi connectivity index (χ2n) is 5.79. The van der Waals surface area contributed by atoms with E-state index in [0.717, 1.165) is 4.68 Å². The highest BCUT2D eigenvalue weighted by atomic mass is 16.6. The van der Waals surface area contributed by atoms with Gasteiger partial charge in [0.25, 0.3) is 11.5 Å². The second-order valence-corrected chi connectivity index (χ2v) is 5.79. The van der Waals surface area contributed by atoms with Gasteiger partial charge in [0.05, 0.1) is 17.7 Å². The molecule has 3 rings (SSSR count). The lowest BCUT2D eigenvalue weighted by Crippen LogP contribution is -2.35. The van der Waals surface area contributed by atoms with E-state index in [9.17, 15) is 19.2 Å². The number of carbonyl (C=O) groups excluding carboxylic acids is 3. The molecule has 1 aromatic heterocycles. The molecule has 29 heavy (non-hydrogen) atoms. The van der Waals surface area contributed by atoms with Crippen LogP contribution in [0.15, 0.2) is 59.4 Å². The number of imide groups is 1. The molecule has 0 radical (unpaired) electrons. The number of fused-ring (bicyclic) bond motifs is 1. The third kappa shape index (κ3) is 4.46. The van der Waals surface area contributed by atoms with Crippen LogP contribution in [0.25, 0.3) is 16.5 Å². The zero-order valence-electron chi connectivity index (χ0n) is 15.5. The van der Waals surface area contributed by atoms with Crippen molar-refractivity contribution in [3.05, 3.63) is 70.6 Å². The largest absolute Gasteiger partial charge is 0.451 e. The molecule has 1 N–H and O–H groups in total. The lowest BCUT2D eigenvalue weighted by Gasteiger charge is -2.11. The molecule has 148 valence electrons. The third-order valence-electron chi connectivity index (χ3n) is 3.85. The number of ether oxygens (including phenoxy) is 2. The van der Waals surface area contributed by atoms with Gasteiger partial charge in [-0.15, -0.1) is 0 Å². The molecule has 0 atom stereocenters. The molecule has 9 heteroatoms. The third-order valence-corrected chi connectivity index (χ3v) is 3.85. The highest BCUT2D eigenvalue weighted by Crippen LogP contribution is 2.16. The molecule has 9 nitrogen and oxygen atoms in total. The molecule has 0 fully saturated rings. The highest BCUT2D eigenvalue weighted by Gasteiger charge is 2.20. The fourth-order valence-electron chi connectivity index (χ4n) is 2.60. The van der Waals surface area contributed by atoms with Gasteiger partial charge in [-0.1, -0.05) is 36.4 Å². The maximum Gasteiger partial charge on any atom is 0.413 e. The molecule has 1 heterocycles. The van der Waals surface area contributed by atoms with Crippen molar-refractivity contribution < 1.29 is 23.9 Å². The molecule has 0 spiro atoms. The number of nitrogens with zero attached hydrogens (tertiary/aromatic N) is 2. The van der Waals surface area contributed by atoms with Crippen molar-refractivity contribution in [3.63, 3.8) is 0 Å². The number of aromatic nitrogens is 2. The van der Waals surface area contributed by atoms with Gasteiger partial charge in [-0.05, 0) is 25.1 Å².